The highest BCUT2D eigenvalue weighted by Crippen LogP contribution is 2.22. The summed E-state index contributed by atoms with van der Waals surface area (Å²) in [5, 5.41) is 1.06. The molecule has 0 rings (SSSR count). The molecule has 1 unspecified atom stereocenters. The minimum absolute atomic E-state index is 0. The Morgan fingerprint density at radius 1 is 1.29 bits per heavy atom. The summed E-state index contributed by atoms with van der Waals surface area (Å²) in [5.41, 5.74) is 8.48. The lowest BCUT2D eigenvalue weighted by Crippen LogP contribution is -2.01. The Hall–Kier alpha value is -1.33. The van der Waals surface area contributed by atoms with Gasteiger partial charge in [-0.1, -0.05) is 51.0 Å². The van der Waals surface area contributed by atoms with Gasteiger partial charge < -0.3 is 5.73 Å². The normalized spacial score (nSPS) is 13.5. The SMILES string of the molecule is C.C=C/C=C\C(P)=C(/C)C(=C)/C(N)=C\C=C/C. The summed E-state index contributed by atoms with van der Waals surface area (Å²) in [5.74, 6) is 0. The van der Waals surface area contributed by atoms with Crippen molar-refractivity contribution in [3.8, 4) is 0 Å². The maximum Gasteiger partial charge on any atom is 0.0384 e. The van der Waals surface area contributed by atoms with E-state index in [1.54, 1.807) is 6.08 Å². The van der Waals surface area contributed by atoms with Crippen molar-refractivity contribution < 1.29 is 0 Å². The summed E-state index contributed by atoms with van der Waals surface area (Å²) in [6, 6.07) is 0. The van der Waals surface area contributed by atoms with Crippen molar-refractivity contribution in [3.05, 3.63) is 71.8 Å². The molecule has 1 nitrogen and oxygen atoms in total. The maximum absolute atomic E-state index is 5.89. The van der Waals surface area contributed by atoms with Gasteiger partial charge in [-0.05, 0) is 36.4 Å². The minimum atomic E-state index is 0. The Morgan fingerprint density at radius 3 is 2.35 bits per heavy atom. The summed E-state index contributed by atoms with van der Waals surface area (Å²) in [4.78, 5) is 0. The van der Waals surface area contributed by atoms with Gasteiger partial charge in [0.25, 0.3) is 0 Å². The van der Waals surface area contributed by atoms with Crippen LogP contribution in [0.1, 0.15) is 21.3 Å². The van der Waals surface area contributed by atoms with Gasteiger partial charge >= 0.3 is 0 Å². The van der Waals surface area contributed by atoms with Gasteiger partial charge in [-0.15, -0.1) is 9.24 Å². The molecule has 17 heavy (non-hydrogen) atoms. The Labute approximate surface area is 108 Å². The molecule has 2 N–H and O–H groups in total. The van der Waals surface area contributed by atoms with Crippen molar-refractivity contribution in [2.24, 2.45) is 5.73 Å². The van der Waals surface area contributed by atoms with Crippen molar-refractivity contribution in [2.45, 2.75) is 21.3 Å². The Balaban J connectivity index is 0. The molecule has 0 aliphatic carbocycles. The fraction of sp³-hybridized carbons (Fsp3) is 0.200. The zero-order valence-electron chi connectivity index (χ0n) is 10.0. The van der Waals surface area contributed by atoms with E-state index < -0.39 is 0 Å². The minimum Gasteiger partial charge on any atom is -0.398 e. The van der Waals surface area contributed by atoms with Crippen LogP contribution in [0, 0.1) is 0 Å². The Morgan fingerprint density at radius 2 is 1.88 bits per heavy atom. The van der Waals surface area contributed by atoms with Gasteiger partial charge in [0.1, 0.15) is 0 Å². The standard InChI is InChI=1S/C14H20NP.CH4/c1-5-7-9-13(15)11(3)12(4)14(16)10-8-6-2;/h5-10H,2-3,15-16H2,1,4H3;1H4/b7-5-,10-8-,13-9+,14-12-;. The van der Waals surface area contributed by atoms with Crippen molar-refractivity contribution in [3.63, 3.8) is 0 Å². The van der Waals surface area contributed by atoms with Crippen molar-refractivity contribution in [1.29, 1.82) is 0 Å². The van der Waals surface area contributed by atoms with E-state index in [1.807, 2.05) is 44.2 Å². The molecule has 94 valence electrons. The number of hydrogen-bond acceptors (Lipinski definition) is 1. The zero-order chi connectivity index (χ0) is 12.6. The third-order valence-electron chi connectivity index (χ3n) is 2.11. The lowest BCUT2D eigenvalue weighted by molar-refractivity contribution is 1.28. The molecule has 0 amide bonds. The average molecular weight is 249 g/mol. The first kappa shape index (κ1) is 18.0. The van der Waals surface area contributed by atoms with Gasteiger partial charge in [0, 0.05) is 5.70 Å². The van der Waals surface area contributed by atoms with E-state index in [4.69, 9.17) is 5.73 Å². The third-order valence-corrected chi connectivity index (χ3v) is 2.74. The van der Waals surface area contributed by atoms with E-state index in [0.717, 1.165) is 16.5 Å². The van der Waals surface area contributed by atoms with Gasteiger partial charge in [0.15, 0.2) is 0 Å². The van der Waals surface area contributed by atoms with Crippen LogP contribution in [0.4, 0.5) is 0 Å². The van der Waals surface area contributed by atoms with Crippen LogP contribution in [0.25, 0.3) is 0 Å². The largest absolute Gasteiger partial charge is 0.398 e. The van der Waals surface area contributed by atoms with Gasteiger partial charge in [0.05, 0.1) is 0 Å². The number of nitrogens with two attached hydrogens (primary N) is 1. The van der Waals surface area contributed by atoms with E-state index in [-0.39, 0.29) is 7.43 Å². The van der Waals surface area contributed by atoms with E-state index in [0.29, 0.717) is 5.70 Å². The quantitative estimate of drug-likeness (QED) is 0.564. The third kappa shape index (κ3) is 6.76. The molecular weight excluding hydrogens is 225 g/mol. The topological polar surface area (TPSA) is 26.0 Å². The molecule has 0 fully saturated rings. The van der Waals surface area contributed by atoms with Crippen molar-refractivity contribution >= 4 is 9.24 Å². The molecule has 0 saturated heterocycles. The van der Waals surface area contributed by atoms with Crippen LogP contribution in [-0.2, 0) is 0 Å². The first-order chi connectivity index (χ1) is 7.54. The predicted molar refractivity (Wildman–Crippen MR) is 84.7 cm³/mol. The van der Waals surface area contributed by atoms with Crippen LogP contribution >= 0.6 is 9.24 Å². The summed E-state index contributed by atoms with van der Waals surface area (Å²) >= 11 is 0. The van der Waals surface area contributed by atoms with Crippen LogP contribution in [0.3, 0.4) is 0 Å². The molecule has 0 saturated carbocycles. The van der Waals surface area contributed by atoms with Gasteiger partial charge in [-0.25, -0.2) is 0 Å². The summed E-state index contributed by atoms with van der Waals surface area (Å²) < 4.78 is 0. The van der Waals surface area contributed by atoms with Crippen LogP contribution in [0.2, 0.25) is 0 Å². The summed E-state index contributed by atoms with van der Waals surface area (Å²) in [7, 11) is 2.67. The van der Waals surface area contributed by atoms with Crippen molar-refractivity contribution in [1.82, 2.24) is 0 Å². The second kappa shape index (κ2) is 9.86. The Kier molecular flexibility index (Phi) is 10.5. The van der Waals surface area contributed by atoms with Gasteiger partial charge in [-0.3, -0.25) is 0 Å². The molecule has 0 aromatic heterocycles. The van der Waals surface area contributed by atoms with E-state index >= 15 is 0 Å². The molecule has 1 atom stereocenters. The smallest absolute Gasteiger partial charge is 0.0384 e. The predicted octanol–water partition coefficient (Wildman–Crippen LogP) is 4.49. The first-order valence-corrected chi connectivity index (χ1v) is 5.65. The fourth-order valence-electron chi connectivity index (χ4n) is 0.988. The van der Waals surface area contributed by atoms with E-state index in [1.165, 1.54) is 0 Å². The fourth-order valence-corrected chi connectivity index (χ4v) is 1.27. The molecule has 0 heterocycles. The number of rotatable bonds is 5. The van der Waals surface area contributed by atoms with E-state index in [9.17, 15) is 0 Å². The molecule has 0 bridgehead atoms. The monoisotopic (exact) mass is 249 g/mol. The van der Waals surface area contributed by atoms with Crippen LogP contribution < -0.4 is 5.73 Å². The molecular formula is C15H24NP. The molecule has 0 radical (unpaired) electrons. The molecule has 0 spiro atoms. The van der Waals surface area contributed by atoms with Gasteiger partial charge in [0.2, 0.25) is 0 Å². The highest BCUT2D eigenvalue weighted by atomic mass is 31.0. The second-order valence-corrected chi connectivity index (χ2v) is 3.92. The molecule has 0 aromatic carbocycles. The average Bonchev–Trinajstić information content (AvgIpc) is 2.30. The van der Waals surface area contributed by atoms with Crippen LogP contribution in [-0.4, -0.2) is 0 Å². The lowest BCUT2D eigenvalue weighted by Gasteiger charge is -2.08. The van der Waals surface area contributed by atoms with Gasteiger partial charge in [-0.2, -0.15) is 0 Å². The highest BCUT2D eigenvalue weighted by molar-refractivity contribution is 7.23. The van der Waals surface area contributed by atoms with E-state index in [2.05, 4.69) is 22.4 Å². The van der Waals surface area contributed by atoms with Crippen LogP contribution in [0.5, 0.6) is 0 Å². The summed E-state index contributed by atoms with van der Waals surface area (Å²) in [6.45, 7) is 11.5. The number of allylic oxidation sites excluding steroid dienone is 8. The second-order valence-electron chi connectivity index (χ2n) is 3.30. The highest BCUT2D eigenvalue weighted by Gasteiger charge is 2.02. The number of hydrogen-bond donors (Lipinski definition) is 1. The van der Waals surface area contributed by atoms with Crippen LogP contribution in [0.15, 0.2) is 71.8 Å². The zero-order valence-corrected chi connectivity index (χ0v) is 11.2. The first-order valence-electron chi connectivity index (χ1n) is 5.08. The lowest BCUT2D eigenvalue weighted by atomic mass is 10.1. The molecule has 0 aromatic rings. The Bertz CT molecular complexity index is 382. The molecule has 2 heteroatoms. The maximum atomic E-state index is 5.89. The van der Waals surface area contributed by atoms with Crippen molar-refractivity contribution in [2.75, 3.05) is 0 Å². The molecule has 0 aliphatic rings. The molecule has 0 aliphatic heterocycles. The summed E-state index contributed by atoms with van der Waals surface area (Å²) in [6.07, 6.45) is 11.3.